The maximum Gasteiger partial charge on any atom is 0.239 e. The molecule has 1 aliphatic heterocycles. The van der Waals surface area contributed by atoms with Crippen molar-refractivity contribution in [2.75, 3.05) is 13.1 Å². The van der Waals surface area contributed by atoms with Crippen molar-refractivity contribution in [3.05, 3.63) is 11.9 Å². The van der Waals surface area contributed by atoms with Crippen LogP contribution < -0.4 is 5.32 Å². The summed E-state index contributed by atoms with van der Waals surface area (Å²) in [4.78, 5) is 14.1. The van der Waals surface area contributed by atoms with Gasteiger partial charge >= 0.3 is 0 Å². The number of carbonyl (C=O) groups is 1. The van der Waals surface area contributed by atoms with Crippen LogP contribution in [-0.2, 0) is 16.9 Å². The molecular weight excluding hydrogens is 254 g/mol. The fourth-order valence-electron chi connectivity index (χ4n) is 2.26. The van der Waals surface area contributed by atoms with E-state index in [9.17, 15) is 4.79 Å². The molecule has 0 aromatic carbocycles. The minimum absolute atomic E-state index is 0.0672. The first-order chi connectivity index (χ1) is 9.38. The molecule has 1 aliphatic rings. The van der Waals surface area contributed by atoms with E-state index in [1.165, 1.54) is 0 Å². The van der Waals surface area contributed by atoms with Gasteiger partial charge in [0.25, 0.3) is 0 Å². The Hall–Kier alpha value is -1.43. The highest BCUT2D eigenvalue weighted by molar-refractivity contribution is 5.81. The standard InChI is InChI=1S/C14H25N5O/c1-11(13(20)18-7-5-6-8-18)15-9-12-10-19(17-16-12)14(2,3)4/h10-11,15H,5-9H2,1-4H3. The van der Waals surface area contributed by atoms with Gasteiger partial charge in [-0.25, -0.2) is 4.68 Å². The van der Waals surface area contributed by atoms with Crippen molar-refractivity contribution in [1.29, 1.82) is 0 Å². The lowest BCUT2D eigenvalue weighted by Gasteiger charge is -2.20. The molecule has 0 radical (unpaired) electrons. The Morgan fingerprint density at radius 1 is 1.40 bits per heavy atom. The molecule has 1 aromatic heterocycles. The minimum Gasteiger partial charge on any atom is -0.341 e. The van der Waals surface area contributed by atoms with Crippen LogP contribution in [0.5, 0.6) is 0 Å². The predicted molar refractivity (Wildman–Crippen MR) is 77.1 cm³/mol. The van der Waals surface area contributed by atoms with E-state index in [1.54, 1.807) is 0 Å². The van der Waals surface area contributed by atoms with Crippen LogP contribution in [-0.4, -0.2) is 44.9 Å². The fourth-order valence-corrected chi connectivity index (χ4v) is 2.26. The molecule has 112 valence electrons. The highest BCUT2D eigenvalue weighted by Crippen LogP contribution is 2.12. The summed E-state index contributed by atoms with van der Waals surface area (Å²) in [5, 5.41) is 11.5. The van der Waals surface area contributed by atoms with E-state index in [1.807, 2.05) is 22.7 Å². The van der Waals surface area contributed by atoms with Gasteiger partial charge in [-0.15, -0.1) is 5.10 Å². The number of rotatable bonds is 4. The lowest BCUT2D eigenvalue weighted by molar-refractivity contribution is -0.131. The molecule has 1 fully saturated rings. The van der Waals surface area contributed by atoms with Crippen LogP contribution in [0.15, 0.2) is 6.20 Å². The van der Waals surface area contributed by atoms with Crippen molar-refractivity contribution in [3.8, 4) is 0 Å². The molecule has 1 unspecified atom stereocenters. The monoisotopic (exact) mass is 279 g/mol. The zero-order valence-corrected chi connectivity index (χ0v) is 12.9. The Kier molecular flexibility index (Phi) is 4.42. The van der Waals surface area contributed by atoms with Gasteiger partial charge in [0.1, 0.15) is 0 Å². The maximum absolute atomic E-state index is 12.2. The molecule has 1 saturated heterocycles. The molecule has 1 amide bonds. The van der Waals surface area contributed by atoms with Crippen molar-refractivity contribution >= 4 is 5.91 Å². The van der Waals surface area contributed by atoms with Crippen molar-refractivity contribution in [1.82, 2.24) is 25.2 Å². The van der Waals surface area contributed by atoms with E-state index in [4.69, 9.17) is 0 Å². The average Bonchev–Trinajstić information content (AvgIpc) is 3.04. The molecule has 2 rings (SSSR count). The summed E-state index contributed by atoms with van der Waals surface area (Å²) in [5.74, 6) is 0.186. The van der Waals surface area contributed by atoms with Crippen LogP contribution in [0.4, 0.5) is 0 Å². The second-order valence-corrected chi connectivity index (χ2v) is 6.46. The summed E-state index contributed by atoms with van der Waals surface area (Å²) in [7, 11) is 0. The highest BCUT2D eigenvalue weighted by Gasteiger charge is 2.23. The number of hydrogen-bond acceptors (Lipinski definition) is 4. The number of aromatic nitrogens is 3. The number of nitrogens with one attached hydrogen (secondary N) is 1. The number of nitrogens with zero attached hydrogens (tertiary/aromatic N) is 4. The quantitative estimate of drug-likeness (QED) is 0.897. The van der Waals surface area contributed by atoms with Crippen molar-refractivity contribution < 1.29 is 4.79 Å². The van der Waals surface area contributed by atoms with E-state index in [-0.39, 0.29) is 17.5 Å². The van der Waals surface area contributed by atoms with Gasteiger partial charge in [-0.05, 0) is 40.5 Å². The van der Waals surface area contributed by atoms with Gasteiger partial charge in [-0.3, -0.25) is 4.79 Å². The van der Waals surface area contributed by atoms with Gasteiger partial charge in [0.05, 0.1) is 23.5 Å². The smallest absolute Gasteiger partial charge is 0.239 e. The Labute approximate surface area is 120 Å². The van der Waals surface area contributed by atoms with Gasteiger partial charge in [-0.1, -0.05) is 5.21 Å². The molecule has 2 heterocycles. The molecular formula is C14H25N5O. The van der Waals surface area contributed by atoms with Crippen molar-refractivity contribution in [3.63, 3.8) is 0 Å². The summed E-state index contributed by atoms with van der Waals surface area (Å²) in [5.41, 5.74) is 0.795. The van der Waals surface area contributed by atoms with Crippen molar-refractivity contribution in [2.45, 2.75) is 58.7 Å². The molecule has 6 nitrogen and oxygen atoms in total. The second-order valence-electron chi connectivity index (χ2n) is 6.46. The third-order valence-corrected chi connectivity index (χ3v) is 3.61. The molecule has 1 N–H and O–H groups in total. The van der Waals surface area contributed by atoms with Gasteiger partial charge in [0, 0.05) is 19.6 Å². The van der Waals surface area contributed by atoms with Gasteiger partial charge in [-0.2, -0.15) is 0 Å². The Morgan fingerprint density at radius 2 is 2.05 bits per heavy atom. The van der Waals surface area contributed by atoms with Crippen LogP contribution in [0.2, 0.25) is 0 Å². The number of hydrogen-bond donors (Lipinski definition) is 1. The predicted octanol–water partition coefficient (Wildman–Crippen LogP) is 1.13. The molecule has 6 heteroatoms. The van der Waals surface area contributed by atoms with Gasteiger partial charge in [0.2, 0.25) is 5.91 Å². The zero-order valence-electron chi connectivity index (χ0n) is 12.9. The molecule has 20 heavy (non-hydrogen) atoms. The number of likely N-dealkylation sites (tertiary alicyclic amines) is 1. The molecule has 1 atom stereocenters. The summed E-state index contributed by atoms with van der Waals surface area (Å²) in [6.45, 7) is 10.5. The summed E-state index contributed by atoms with van der Waals surface area (Å²) in [6.07, 6.45) is 4.18. The lowest BCUT2D eigenvalue weighted by atomic mass is 10.1. The minimum atomic E-state index is -0.173. The second kappa shape index (κ2) is 5.91. The van der Waals surface area contributed by atoms with Crippen molar-refractivity contribution in [2.24, 2.45) is 0 Å². The first-order valence-electron chi connectivity index (χ1n) is 7.32. The summed E-state index contributed by atoms with van der Waals surface area (Å²) < 4.78 is 1.84. The van der Waals surface area contributed by atoms with E-state index >= 15 is 0 Å². The van der Waals surface area contributed by atoms with E-state index in [2.05, 4.69) is 36.4 Å². The SMILES string of the molecule is CC(NCc1cn(C(C)(C)C)nn1)C(=O)N1CCCC1. The maximum atomic E-state index is 12.2. The van der Waals surface area contributed by atoms with E-state index in [0.717, 1.165) is 31.6 Å². The lowest BCUT2D eigenvalue weighted by Crippen LogP contribution is -2.43. The van der Waals surface area contributed by atoms with Crippen LogP contribution in [0.25, 0.3) is 0 Å². The fraction of sp³-hybridized carbons (Fsp3) is 0.786. The van der Waals surface area contributed by atoms with E-state index in [0.29, 0.717) is 6.54 Å². The number of amides is 1. The molecule has 0 saturated carbocycles. The zero-order chi connectivity index (χ0) is 14.8. The van der Waals surface area contributed by atoms with Gasteiger partial charge < -0.3 is 10.2 Å². The molecule has 0 aliphatic carbocycles. The van der Waals surface area contributed by atoms with Crippen LogP contribution >= 0.6 is 0 Å². The first-order valence-corrected chi connectivity index (χ1v) is 7.32. The van der Waals surface area contributed by atoms with Crippen LogP contribution in [0, 0.1) is 0 Å². The summed E-state index contributed by atoms with van der Waals surface area (Å²) >= 11 is 0. The largest absolute Gasteiger partial charge is 0.341 e. The Bertz CT molecular complexity index is 456. The highest BCUT2D eigenvalue weighted by atomic mass is 16.2. The van der Waals surface area contributed by atoms with Gasteiger partial charge in [0.15, 0.2) is 0 Å². The first kappa shape index (κ1) is 15.0. The molecule has 0 spiro atoms. The summed E-state index contributed by atoms with van der Waals surface area (Å²) in [6, 6.07) is -0.173. The van der Waals surface area contributed by atoms with Crippen LogP contribution in [0.1, 0.15) is 46.2 Å². The molecule has 0 bridgehead atoms. The normalized spacial score (nSPS) is 17.5. The Balaban J connectivity index is 1.85. The average molecular weight is 279 g/mol. The topological polar surface area (TPSA) is 63.1 Å². The Morgan fingerprint density at radius 3 is 2.60 bits per heavy atom. The number of carbonyl (C=O) groups excluding carboxylic acids is 1. The molecule has 1 aromatic rings. The third-order valence-electron chi connectivity index (χ3n) is 3.61. The van der Waals surface area contributed by atoms with Crippen LogP contribution in [0.3, 0.4) is 0 Å². The third kappa shape index (κ3) is 3.56. The van der Waals surface area contributed by atoms with E-state index < -0.39 is 0 Å².